The van der Waals surface area contributed by atoms with Gasteiger partial charge >= 0.3 is 0 Å². The maximum Gasteiger partial charge on any atom is 0.122 e. The molecular formula is C17H26N2O. The molecule has 0 spiro atoms. The summed E-state index contributed by atoms with van der Waals surface area (Å²) in [5.41, 5.74) is 1.85. The SMILES string of the molecule is COc1ccccc1C1CCN(CC2(C)CCNC2)C1. The minimum absolute atomic E-state index is 0.468. The van der Waals surface area contributed by atoms with E-state index in [1.165, 1.54) is 51.1 Å². The summed E-state index contributed by atoms with van der Waals surface area (Å²) in [4.78, 5) is 2.64. The highest BCUT2D eigenvalue weighted by atomic mass is 16.5. The first-order valence-electron chi connectivity index (χ1n) is 7.76. The van der Waals surface area contributed by atoms with Crippen molar-refractivity contribution < 1.29 is 4.74 Å². The third-order valence-corrected chi connectivity index (χ3v) is 4.91. The van der Waals surface area contributed by atoms with Crippen molar-refractivity contribution in [2.45, 2.75) is 25.7 Å². The quantitative estimate of drug-likeness (QED) is 0.913. The van der Waals surface area contributed by atoms with Gasteiger partial charge in [0.25, 0.3) is 0 Å². The van der Waals surface area contributed by atoms with Gasteiger partial charge in [0.2, 0.25) is 0 Å². The lowest BCUT2D eigenvalue weighted by Gasteiger charge is -2.29. The van der Waals surface area contributed by atoms with E-state index in [1.807, 2.05) is 0 Å². The van der Waals surface area contributed by atoms with Gasteiger partial charge in [0.05, 0.1) is 7.11 Å². The van der Waals surface area contributed by atoms with Crippen LogP contribution < -0.4 is 10.1 Å². The largest absolute Gasteiger partial charge is 0.496 e. The lowest BCUT2D eigenvalue weighted by atomic mass is 9.89. The third-order valence-electron chi connectivity index (χ3n) is 4.91. The molecule has 110 valence electrons. The highest BCUT2D eigenvalue weighted by molar-refractivity contribution is 5.37. The van der Waals surface area contributed by atoms with Crippen LogP contribution in [0.4, 0.5) is 0 Å². The Balaban J connectivity index is 1.64. The highest BCUT2D eigenvalue weighted by Crippen LogP contribution is 2.35. The maximum atomic E-state index is 5.52. The summed E-state index contributed by atoms with van der Waals surface area (Å²) in [5.74, 6) is 1.68. The fourth-order valence-electron chi connectivity index (χ4n) is 3.78. The molecule has 20 heavy (non-hydrogen) atoms. The van der Waals surface area contributed by atoms with E-state index in [-0.39, 0.29) is 0 Å². The van der Waals surface area contributed by atoms with Gasteiger partial charge in [-0.3, -0.25) is 0 Å². The van der Waals surface area contributed by atoms with Crippen molar-refractivity contribution in [2.24, 2.45) is 5.41 Å². The Bertz CT molecular complexity index is 454. The van der Waals surface area contributed by atoms with E-state index in [4.69, 9.17) is 4.74 Å². The third kappa shape index (κ3) is 2.84. The Morgan fingerprint density at radius 2 is 2.25 bits per heavy atom. The summed E-state index contributed by atoms with van der Waals surface area (Å²) in [6.07, 6.45) is 2.56. The van der Waals surface area contributed by atoms with E-state index in [0.717, 1.165) is 5.75 Å². The first-order chi connectivity index (χ1) is 9.70. The zero-order valence-corrected chi connectivity index (χ0v) is 12.7. The van der Waals surface area contributed by atoms with Crippen LogP contribution in [-0.2, 0) is 0 Å². The topological polar surface area (TPSA) is 24.5 Å². The number of methoxy groups -OCH3 is 1. The molecule has 2 aliphatic heterocycles. The van der Waals surface area contributed by atoms with Crippen LogP contribution in [0.3, 0.4) is 0 Å². The molecule has 0 aliphatic carbocycles. The lowest BCUT2D eigenvalue weighted by molar-refractivity contribution is 0.207. The molecule has 2 unspecified atom stereocenters. The van der Waals surface area contributed by atoms with Crippen LogP contribution in [0.2, 0.25) is 0 Å². The summed E-state index contributed by atoms with van der Waals surface area (Å²) >= 11 is 0. The Morgan fingerprint density at radius 1 is 1.40 bits per heavy atom. The summed E-state index contributed by atoms with van der Waals surface area (Å²) in [6.45, 7) is 8.40. The number of nitrogens with zero attached hydrogens (tertiary/aromatic N) is 1. The normalized spacial score (nSPS) is 30.8. The number of likely N-dealkylation sites (tertiary alicyclic amines) is 1. The molecule has 0 radical (unpaired) electrons. The van der Waals surface area contributed by atoms with Crippen LogP contribution >= 0.6 is 0 Å². The number of ether oxygens (including phenoxy) is 1. The second-order valence-corrected chi connectivity index (χ2v) is 6.70. The van der Waals surface area contributed by atoms with Crippen LogP contribution in [0.15, 0.2) is 24.3 Å². The van der Waals surface area contributed by atoms with E-state index in [9.17, 15) is 0 Å². The Morgan fingerprint density at radius 3 is 3.00 bits per heavy atom. The molecule has 2 atom stereocenters. The predicted octanol–water partition coefficient (Wildman–Crippen LogP) is 2.48. The van der Waals surface area contributed by atoms with E-state index in [1.54, 1.807) is 7.11 Å². The van der Waals surface area contributed by atoms with Crippen molar-refractivity contribution in [3.63, 3.8) is 0 Å². The van der Waals surface area contributed by atoms with Gasteiger partial charge in [-0.1, -0.05) is 25.1 Å². The molecular weight excluding hydrogens is 248 g/mol. The smallest absolute Gasteiger partial charge is 0.122 e. The Kier molecular flexibility index (Phi) is 3.99. The first-order valence-corrected chi connectivity index (χ1v) is 7.76. The molecule has 1 aromatic rings. The van der Waals surface area contributed by atoms with Gasteiger partial charge in [-0.15, -0.1) is 0 Å². The van der Waals surface area contributed by atoms with Crippen LogP contribution in [0.25, 0.3) is 0 Å². The summed E-state index contributed by atoms with van der Waals surface area (Å²) in [6, 6.07) is 8.50. The maximum absolute atomic E-state index is 5.52. The van der Waals surface area contributed by atoms with Crippen molar-refractivity contribution in [1.29, 1.82) is 0 Å². The number of hydrogen-bond donors (Lipinski definition) is 1. The Labute approximate surface area is 122 Å². The molecule has 3 rings (SSSR count). The second-order valence-electron chi connectivity index (χ2n) is 6.70. The molecule has 3 heteroatoms. The fraction of sp³-hybridized carbons (Fsp3) is 0.647. The number of para-hydroxylation sites is 1. The fourth-order valence-corrected chi connectivity index (χ4v) is 3.78. The van der Waals surface area contributed by atoms with Gasteiger partial charge in [0, 0.05) is 25.6 Å². The molecule has 3 nitrogen and oxygen atoms in total. The average molecular weight is 274 g/mol. The van der Waals surface area contributed by atoms with E-state index in [2.05, 4.69) is 41.4 Å². The lowest BCUT2D eigenvalue weighted by Crippen LogP contribution is -2.36. The molecule has 2 aliphatic rings. The number of benzene rings is 1. The summed E-state index contributed by atoms with van der Waals surface area (Å²) in [7, 11) is 1.77. The van der Waals surface area contributed by atoms with Crippen LogP contribution in [0.1, 0.15) is 31.2 Å². The number of nitrogens with one attached hydrogen (secondary N) is 1. The van der Waals surface area contributed by atoms with Gasteiger partial charge in [-0.25, -0.2) is 0 Å². The van der Waals surface area contributed by atoms with Crippen molar-refractivity contribution >= 4 is 0 Å². The van der Waals surface area contributed by atoms with Crippen molar-refractivity contribution in [2.75, 3.05) is 39.8 Å². The summed E-state index contributed by atoms with van der Waals surface area (Å²) in [5, 5.41) is 3.50. The van der Waals surface area contributed by atoms with Crippen LogP contribution in [-0.4, -0.2) is 44.7 Å². The molecule has 0 bridgehead atoms. The molecule has 1 aromatic carbocycles. The van der Waals surface area contributed by atoms with Crippen molar-refractivity contribution in [3.8, 4) is 5.75 Å². The van der Waals surface area contributed by atoms with Gasteiger partial charge in [0.15, 0.2) is 0 Å². The number of hydrogen-bond acceptors (Lipinski definition) is 3. The van der Waals surface area contributed by atoms with Gasteiger partial charge < -0.3 is 15.0 Å². The molecule has 2 saturated heterocycles. The molecule has 0 amide bonds. The van der Waals surface area contributed by atoms with E-state index < -0.39 is 0 Å². The van der Waals surface area contributed by atoms with Crippen molar-refractivity contribution in [3.05, 3.63) is 29.8 Å². The van der Waals surface area contributed by atoms with Crippen LogP contribution in [0, 0.1) is 5.41 Å². The van der Waals surface area contributed by atoms with Crippen LogP contribution in [0.5, 0.6) is 5.75 Å². The average Bonchev–Trinajstić information content (AvgIpc) is 3.08. The molecule has 0 saturated carbocycles. The highest BCUT2D eigenvalue weighted by Gasteiger charge is 2.34. The molecule has 2 heterocycles. The molecule has 1 N–H and O–H groups in total. The number of rotatable bonds is 4. The monoisotopic (exact) mass is 274 g/mol. The molecule has 0 aromatic heterocycles. The molecule has 2 fully saturated rings. The standard InChI is InChI=1S/C17H26N2O/c1-17(8-9-18-12-17)13-19-10-7-14(11-19)15-5-3-4-6-16(15)20-2/h3-6,14,18H,7-13H2,1-2H3. The van der Waals surface area contributed by atoms with Gasteiger partial charge in [-0.05, 0) is 43.0 Å². The zero-order chi connectivity index (χ0) is 14.0. The van der Waals surface area contributed by atoms with E-state index >= 15 is 0 Å². The minimum Gasteiger partial charge on any atom is -0.496 e. The second kappa shape index (κ2) is 5.74. The summed E-state index contributed by atoms with van der Waals surface area (Å²) < 4.78 is 5.52. The van der Waals surface area contributed by atoms with E-state index in [0.29, 0.717) is 11.3 Å². The zero-order valence-electron chi connectivity index (χ0n) is 12.7. The first kappa shape index (κ1) is 13.9. The van der Waals surface area contributed by atoms with Crippen molar-refractivity contribution in [1.82, 2.24) is 10.2 Å². The predicted molar refractivity (Wildman–Crippen MR) is 82.4 cm³/mol. The van der Waals surface area contributed by atoms with Gasteiger partial charge in [-0.2, -0.15) is 0 Å². The minimum atomic E-state index is 0.468. The van der Waals surface area contributed by atoms with Gasteiger partial charge in [0.1, 0.15) is 5.75 Å². The Hall–Kier alpha value is -1.06.